The van der Waals surface area contributed by atoms with Crippen molar-refractivity contribution in [3.05, 3.63) is 24.3 Å². The molecule has 0 saturated heterocycles. The zero-order valence-electron chi connectivity index (χ0n) is 11.1. The maximum atomic E-state index is 12.1. The summed E-state index contributed by atoms with van der Waals surface area (Å²) in [6.45, 7) is 0.423. The van der Waals surface area contributed by atoms with Crippen LogP contribution in [0.1, 0.15) is 25.7 Å². The van der Waals surface area contributed by atoms with Gasteiger partial charge in [0.25, 0.3) is 0 Å². The predicted molar refractivity (Wildman–Crippen MR) is 74.5 cm³/mol. The highest BCUT2D eigenvalue weighted by atomic mass is 16.2. The Morgan fingerprint density at radius 3 is 2.37 bits per heavy atom. The van der Waals surface area contributed by atoms with Crippen molar-refractivity contribution in [1.29, 1.82) is 0 Å². The quantitative estimate of drug-likeness (QED) is 0.773. The molecule has 100 valence electrons. The van der Waals surface area contributed by atoms with Crippen LogP contribution in [0.5, 0.6) is 0 Å². The van der Waals surface area contributed by atoms with Crippen molar-refractivity contribution < 1.29 is 9.59 Å². The number of anilines is 2. The minimum Gasteiger partial charge on any atom is -0.358 e. The molecule has 1 aliphatic carbocycles. The van der Waals surface area contributed by atoms with E-state index in [1.807, 2.05) is 25.2 Å². The summed E-state index contributed by atoms with van der Waals surface area (Å²) in [5, 5.41) is 0. The van der Waals surface area contributed by atoms with Crippen molar-refractivity contribution in [2.45, 2.75) is 31.7 Å². The molecular formula is C15H18N2O2. The van der Waals surface area contributed by atoms with Crippen molar-refractivity contribution in [1.82, 2.24) is 0 Å². The first-order chi connectivity index (χ1) is 9.16. The Kier molecular flexibility index (Phi) is 3.01. The van der Waals surface area contributed by atoms with Crippen LogP contribution in [0, 0.1) is 0 Å². The van der Waals surface area contributed by atoms with Gasteiger partial charge in [-0.2, -0.15) is 0 Å². The van der Waals surface area contributed by atoms with Gasteiger partial charge < -0.3 is 9.80 Å². The zero-order valence-corrected chi connectivity index (χ0v) is 11.1. The van der Waals surface area contributed by atoms with E-state index >= 15 is 0 Å². The number of para-hydroxylation sites is 2. The first-order valence-corrected chi connectivity index (χ1v) is 6.81. The second-order valence-electron chi connectivity index (χ2n) is 5.34. The van der Waals surface area contributed by atoms with Crippen LogP contribution in [0.3, 0.4) is 0 Å². The first-order valence-electron chi connectivity index (χ1n) is 6.81. The molecule has 0 aromatic heterocycles. The van der Waals surface area contributed by atoms with Crippen LogP contribution in [0.15, 0.2) is 24.3 Å². The van der Waals surface area contributed by atoms with Crippen LogP contribution in [-0.2, 0) is 9.59 Å². The number of carbonyl (C=O) groups excluding carboxylic acids is 2. The summed E-state index contributed by atoms with van der Waals surface area (Å²) in [6.07, 6.45) is 3.02. The molecule has 1 aromatic rings. The SMILES string of the molecule is CN1C(=O)CN(C2CCC(=O)CC2)c2ccccc21. The molecular weight excluding hydrogens is 240 g/mol. The van der Waals surface area contributed by atoms with Gasteiger partial charge in [-0.05, 0) is 25.0 Å². The minimum atomic E-state index is 0.121. The van der Waals surface area contributed by atoms with Gasteiger partial charge in [-0.3, -0.25) is 9.59 Å². The summed E-state index contributed by atoms with van der Waals surface area (Å²) < 4.78 is 0. The lowest BCUT2D eigenvalue weighted by atomic mass is 9.92. The predicted octanol–water partition coefficient (Wildman–Crippen LogP) is 1.98. The smallest absolute Gasteiger partial charge is 0.246 e. The van der Waals surface area contributed by atoms with Gasteiger partial charge in [0, 0.05) is 25.9 Å². The molecule has 19 heavy (non-hydrogen) atoms. The first kappa shape index (κ1) is 12.2. The largest absolute Gasteiger partial charge is 0.358 e. The summed E-state index contributed by atoms with van der Waals surface area (Å²) >= 11 is 0. The summed E-state index contributed by atoms with van der Waals surface area (Å²) in [5.74, 6) is 0.473. The number of amides is 1. The number of hydrogen-bond acceptors (Lipinski definition) is 3. The third-order valence-electron chi connectivity index (χ3n) is 4.19. The van der Waals surface area contributed by atoms with E-state index in [2.05, 4.69) is 11.0 Å². The minimum absolute atomic E-state index is 0.121. The number of rotatable bonds is 1. The van der Waals surface area contributed by atoms with Crippen LogP contribution in [0.25, 0.3) is 0 Å². The van der Waals surface area contributed by atoms with Gasteiger partial charge >= 0.3 is 0 Å². The van der Waals surface area contributed by atoms with Crippen LogP contribution in [0.4, 0.5) is 11.4 Å². The Morgan fingerprint density at radius 2 is 1.68 bits per heavy atom. The van der Waals surface area contributed by atoms with Gasteiger partial charge in [0.15, 0.2) is 0 Å². The molecule has 3 rings (SSSR count). The number of Topliss-reactive ketones (excluding diaryl/α,β-unsaturated/α-hetero) is 1. The van der Waals surface area contributed by atoms with Crippen molar-refractivity contribution >= 4 is 23.1 Å². The Bertz CT molecular complexity index is 517. The van der Waals surface area contributed by atoms with Crippen molar-refractivity contribution in [2.75, 3.05) is 23.4 Å². The normalized spacial score (nSPS) is 20.7. The molecule has 0 N–H and O–H groups in total. The van der Waals surface area contributed by atoms with Gasteiger partial charge in [-0.25, -0.2) is 0 Å². The van der Waals surface area contributed by atoms with E-state index in [0.717, 1.165) is 24.2 Å². The van der Waals surface area contributed by atoms with Crippen LogP contribution in [-0.4, -0.2) is 31.3 Å². The van der Waals surface area contributed by atoms with Crippen molar-refractivity contribution in [2.24, 2.45) is 0 Å². The van der Waals surface area contributed by atoms with E-state index in [1.165, 1.54) is 0 Å². The fourth-order valence-corrected chi connectivity index (χ4v) is 3.02. The second-order valence-corrected chi connectivity index (χ2v) is 5.34. The van der Waals surface area contributed by atoms with E-state index in [-0.39, 0.29) is 5.91 Å². The van der Waals surface area contributed by atoms with E-state index in [9.17, 15) is 9.59 Å². The van der Waals surface area contributed by atoms with Gasteiger partial charge in [-0.1, -0.05) is 12.1 Å². The third-order valence-corrected chi connectivity index (χ3v) is 4.19. The highest BCUT2D eigenvalue weighted by molar-refractivity contribution is 6.02. The summed E-state index contributed by atoms with van der Waals surface area (Å²) in [6, 6.07) is 8.32. The molecule has 4 nitrogen and oxygen atoms in total. The molecule has 0 radical (unpaired) electrons. The average molecular weight is 258 g/mol. The lowest BCUT2D eigenvalue weighted by Gasteiger charge is -2.41. The molecule has 1 amide bonds. The Morgan fingerprint density at radius 1 is 1.05 bits per heavy atom. The standard InChI is InChI=1S/C15H18N2O2/c1-16-13-4-2-3-5-14(13)17(10-15(16)19)11-6-8-12(18)9-7-11/h2-5,11H,6-10H2,1H3. The fourth-order valence-electron chi connectivity index (χ4n) is 3.02. The fraction of sp³-hybridized carbons (Fsp3) is 0.467. The molecule has 2 aliphatic rings. The lowest BCUT2D eigenvalue weighted by molar-refractivity contribution is -0.120. The Labute approximate surface area is 113 Å². The lowest BCUT2D eigenvalue weighted by Crippen LogP contribution is -2.49. The number of benzene rings is 1. The number of fused-ring (bicyclic) bond motifs is 1. The maximum absolute atomic E-state index is 12.1. The Hall–Kier alpha value is -1.84. The molecule has 1 heterocycles. The van der Waals surface area contributed by atoms with Gasteiger partial charge in [0.1, 0.15) is 5.78 Å². The van der Waals surface area contributed by atoms with Gasteiger partial charge in [-0.15, -0.1) is 0 Å². The molecule has 1 aliphatic heterocycles. The number of carbonyl (C=O) groups is 2. The molecule has 0 spiro atoms. The number of nitrogens with zero attached hydrogens (tertiary/aromatic N) is 2. The molecule has 0 bridgehead atoms. The van der Waals surface area contributed by atoms with E-state index < -0.39 is 0 Å². The van der Waals surface area contributed by atoms with Crippen LogP contribution >= 0.6 is 0 Å². The van der Waals surface area contributed by atoms with Crippen LogP contribution < -0.4 is 9.80 Å². The third kappa shape index (κ3) is 2.11. The second kappa shape index (κ2) is 4.68. The number of likely N-dealkylation sites (N-methyl/N-ethyl adjacent to an activating group) is 1. The molecule has 1 aromatic carbocycles. The highest BCUT2D eigenvalue weighted by Crippen LogP contribution is 2.36. The van der Waals surface area contributed by atoms with Crippen molar-refractivity contribution in [3.63, 3.8) is 0 Å². The van der Waals surface area contributed by atoms with Gasteiger partial charge in [0.2, 0.25) is 5.91 Å². The summed E-state index contributed by atoms with van der Waals surface area (Å²) in [7, 11) is 1.82. The van der Waals surface area contributed by atoms with E-state index in [4.69, 9.17) is 0 Å². The summed E-state index contributed by atoms with van der Waals surface area (Å²) in [4.78, 5) is 27.4. The molecule has 1 saturated carbocycles. The maximum Gasteiger partial charge on any atom is 0.246 e. The van der Waals surface area contributed by atoms with Crippen LogP contribution in [0.2, 0.25) is 0 Å². The number of ketones is 1. The highest BCUT2D eigenvalue weighted by Gasteiger charge is 2.32. The molecule has 1 fully saturated rings. The molecule has 0 unspecified atom stereocenters. The average Bonchev–Trinajstić information content (AvgIpc) is 2.44. The zero-order chi connectivity index (χ0) is 13.4. The topological polar surface area (TPSA) is 40.6 Å². The molecule has 4 heteroatoms. The van der Waals surface area contributed by atoms with Gasteiger partial charge in [0.05, 0.1) is 17.9 Å². The van der Waals surface area contributed by atoms with Crippen molar-refractivity contribution in [3.8, 4) is 0 Å². The monoisotopic (exact) mass is 258 g/mol. The Balaban J connectivity index is 1.92. The summed E-state index contributed by atoms with van der Waals surface area (Å²) in [5.41, 5.74) is 2.08. The molecule has 0 atom stereocenters. The number of hydrogen-bond donors (Lipinski definition) is 0. The van der Waals surface area contributed by atoms with E-state index in [0.29, 0.717) is 31.2 Å². The van der Waals surface area contributed by atoms with E-state index in [1.54, 1.807) is 4.90 Å².